The van der Waals surface area contributed by atoms with Gasteiger partial charge in [0.15, 0.2) is 0 Å². The Labute approximate surface area is 109 Å². The molecular formula is C15H22N2O. The standard InChI is InChI=1S/C15H22N2O/c1-11(18)13-6-4-9-16-15(13)17-10-8-12-5-2-3-7-14(12)17/h4,6,9,11-12,14,18H,2-3,5,7-8,10H2,1H3/t11-,12?,14?/m1/s1. The molecule has 1 N–H and O–H groups in total. The van der Waals surface area contributed by atoms with Crippen LogP contribution in [-0.2, 0) is 0 Å². The van der Waals surface area contributed by atoms with E-state index in [9.17, 15) is 5.11 Å². The maximum atomic E-state index is 9.89. The summed E-state index contributed by atoms with van der Waals surface area (Å²) in [7, 11) is 0. The molecule has 2 fully saturated rings. The number of aromatic nitrogens is 1. The molecule has 1 aromatic rings. The smallest absolute Gasteiger partial charge is 0.134 e. The first-order valence-corrected chi connectivity index (χ1v) is 7.17. The van der Waals surface area contributed by atoms with E-state index in [1.165, 1.54) is 32.1 Å². The molecular weight excluding hydrogens is 224 g/mol. The SMILES string of the molecule is C[C@@H](O)c1cccnc1N1CCC2CCCCC21. The van der Waals surface area contributed by atoms with Crippen molar-refractivity contribution in [3.05, 3.63) is 23.9 Å². The number of hydrogen-bond acceptors (Lipinski definition) is 3. The van der Waals surface area contributed by atoms with Crippen molar-refractivity contribution in [1.82, 2.24) is 4.98 Å². The zero-order chi connectivity index (χ0) is 12.5. The summed E-state index contributed by atoms with van der Waals surface area (Å²) in [5.41, 5.74) is 0.976. The summed E-state index contributed by atoms with van der Waals surface area (Å²) >= 11 is 0. The molecule has 1 aromatic heterocycles. The molecule has 18 heavy (non-hydrogen) atoms. The van der Waals surface area contributed by atoms with Crippen molar-refractivity contribution in [2.45, 2.75) is 51.2 Å². The van der Waals surface area contributed by atoms with Gasteiger partial charge in [-0.25, -0.2) is 4.98 Å². The Hall–Kier alpha value is -1.09. The second kappa shape index (κ2) is 4.88. The van der Waals surface area contributed by atoms with E-state index in [2.05, 4.69) is 9.88 Å². The van der Waals surface area contributed by atoms with Crippen LogP contribution in [0.5, 0.6) is 0 Å². The number of fused-ring (bicyclic) bond motifs is 1. The normalized spacial score (nSPS) is 29.1. The van der Waals surface area contributed by atoms with Crippen LogP contribution in [0.1, 0.15) is 50.7 Å². The molecule has 0 aromatic carbocycles. The minimum Gasteiger partial charge on any atom is -0.389 e. The van der Waals surface area contributed by atoms with Gasteiger partial charge in [-0.1, -0.05) is 18.9 Å². The fourth-order valence-electron chi connectivity index (χ4n) is 3.64. The predicted molar refractivity (Wildman–Crippen MR) is 72.6 cm³/mol. The van der Waals surface area contributed by atoms with Gasteiger partial charge in [0.05, 0.1) is 6.10 Å². The second-order valence-corrected chi connectivity index (χ2v) is 5.69. The van der Waals surface area contributed by atoms with Gasteiger partial charge in [0.2, 0.25) is 0 Å². The van der Waals surface area contributed by atoms with Gasteiger partial charge in [-0.15, -0.1) is 0 Å². The largest absolute Gasteiger partial charge is 0.389 e. The van der Waals surface area contributed by atoms with Gasteiger partial charge < -0.3 is 10.0 Å². The van der Waals surface area contributed by atoms with Crippen molar-refractivity contribution >= 4 is 5.82 Å². The first-order chi connectivity index (χ1) is 8.77. The van der Waals surface area contributed by atoms with Crippen LogP contribution in [0.2, 0.25) is 0 Å². The van der Waals surface area contributed by atoms with Gasteiger partial charge in [0.25, 0.3) is 0 Å². The Kier molecular flexibility index (Phi) is 3.25. The fraction of sp³-hybridized carbons (Fsp3) is 0.667. The summed E-state index contributed by atoms with van der Waals surface area (Å²) in [6.45, 7) is 2.93. The average Bonchev–Trinajstić information content (AvgIpc) is 2.82. The first-order valence-electron chi connectivity index (χ1n) is 7.17. The molecule has 3 atom stereocenters. The number of rotatable bonds is 2. The van der Waals surface area contributed by atoms with Crippen LogP contribution in [0.4, 0.5) is 5.82 Å². The number of aliphatic hydroxyl groups is 1. The first kappa shape index (κ1) is 12.0. The van der Waals surface area contributed by atoms with Crippen molar-refractivity contribution in [3.63, 3.8) is 0 Å². The predicted octanol–water partition coefficient (Wildman–Crippen LogP) is 2.90. The zero-order valence-corrected chi connectivity index (χ0v) is 11.0. The molecule has 1 aliphatic carbocycles. The lowest BCUT2D eigenvalue weighted by Gasteiger charge is -2.33. The summed E-state index contributed by atoms with van der Waals surface area (Å²) in [6.07, 6.45) is 8.10. The minimum absolute atomic E-state index is 0.434. The highest BCUT2D eigenvalue weighted by molar-refractivity contribution is 5.50. The third kappa shape index (κ3) is 2.01. The topological polar surface area (TPSA) is 36.4 Å². The molecule has 1 aliphatic heterocycles. The average molecular weight is 246 g/mol. The second-order valence-electron chi connectivity index (χ2n) is 5.69. The highest BCUT2D eigenvalue weighted by atomic mass is 16.3. The summed E-state index contributed by atoms with van der Waals surface area (Å²) in [4.78, 5) is 6.99. The third-order valence-electron chi connectivity index (χ3n) is 4.55. The molecule has 98 valence electrons. The molecule has 2 aliphatic rings. The highest BCUT2D eigenvalue weighted by Crippen LogP contribution is 2.39. The van der Waals surface area contributed by atoms with E-state index in [4.69, 9.17) is 0 Å². The fourth-order valence-corrected chi connectivity index (χ4v) is 3.64. The number of nitrogens with zero attached hydrogens (tertiary/aromatic N) is 2. The minimum atomic E-state index is -0.434. The van der Waals surface area contributed by atoms with E-state index >= 15 is 0 Å². The van der Waals surface area contributed by atoms with E-state index in [0.717, 1.165) is 23.8 Å². The number of aliphatic hydroxyl groups excluding tert-OH is 1. The lowest BCUT2D eigenvalue weighted by Crippen LogP contribution is -2.36. The molecule has 1 saturated heterocycles. The Bertz CT molecular complexity index is 419. The molecule has 3 nitrogen and oxygen atoms in total. The van der Waals surface area contributed by atoms with Crippen molar-refractivity contribution < 1.29 is 5.11 Å². The maximum Gasteiger partial charge on any atom is 0.134 e. The van der Waals surface area contributed by atoms with Crippen LogP contribution in [0.3, 0.4) is 0 Å². The Morgan fingerprint density at radius 3 is 3.00 bits per heavy atom. The summed E-state index contributed by atoms with van der Waals surface area (Å²) in [5, 5.41) is 9.89. The quantitative estimate of drug-likeness (QED) is 0.871. The lowest BCUT2D eigenvalue weighted by molar-refractivity contribution is 0.199. The van der Waals surface area contributed by atoms with Crippen molar-refractivity contribution in [3.8, 4) is 0 Å². The monoisotopic (exact) mass is 246 g/mol. The van der Waals surface area contributed by atoms with Gasteiger partial charge in [-0.3, -0.25) is 0 Å². The maximum absolute atomic E-state index is 9.89. The van der Waals surface area contributed by atoms with Crippen molar-refractivity contribution in [1.29, 1.82) is 0 Å². The van der Waals surface area contributed by atoms with Crippen molar-refractivity contribution in [2.24, 2.45) is 5.92 Å². The van der Waals surface area contributed by atoms with Crippen LogP contribution >= 0.6 is 0 Å². The molecule has 0 radical (unpaired) electrons. The van der Waals surface area contributed by atoms with Crippen molar-refractivity contribution in [2.75, 3.05) is 11.4 Å². The molecule has 3 rings (SSSR count). The summed E-state index contributed by atoms with van der Waals surface area (Å²) in [5.74, 6) is 1.87. The van der Waals surface area contributed by atoms with Crippen LogP contribution in [0.25, 0.3) is 0 Å². The van der Waals surface area contributed by atoms with Gasteiger partial charge in [-0.05, 0) is 38.2 Å². The molecule has 3 heteroatoms. The molecule has 2 unspecified atom stereocenters. The van der Waals surface area contributed by atoms with Gasteiger partial charge in [-0.2, -0.15) is 0 Å². The molecule has 0 amide bonds. The van der Waals surface area contributed by atoms with Crippen LogP contribution in [0, 0.1) is 5.92 Å². The van der Waals surface area contributed by atoms with E-state index in [1.54, 1.807) is 0 Å². The van der Waals surface area contributed by atoms with Crippen LogP contribution in [0.15, 0.2) is 18.3 Å². The van der Waals surface area contributed by atoms with E-state index in [1.807, 2.05) is 25.3 Å². The Morgan fingerprint density at radius 1 is 1.33 bits per heavy atom. The van der Waals surface area contributed by atoms with Crippen LogP contribution in [-0.4, -0.2) is 22.7 Å². The van der Waals surface area contributed by atoms with Gasteiger partial charge in [0.1, 0.15) is 5.82 Å². The van der Waals surface area contributed by atoms with E-state index < -0.39 is 6.10 Å². The van der Waals surface area contributed by atoms with Crippen LogP contribution < -0.4 is 4.90 Å². The molecule has 0 spiro atoms. The number of pyridine rings is 1. The highest BCUT2D eigenvalue weighted by Gasteiger charge is 2.37. The number of hydrogen-bond donors (Lipinski definition) is 1. The number of anilines is 1. The third-order valence-corrected chi connectivity index (χ3v) is 4.55. The Morgan fingerprint density at radius 2 is 2.17 bits per heavy atom. The molecule has 2 heterocycles. The summed E-state index contributed by atoms with van der Waals surface area (Å²) < 4.78 is 0. The summed E-state index contributed by atoms with van der Waals surface area (Å²) in [6, 6.07) is 4.58. The van der Waals surface area contributed by atoms with Gasteiger partial charge >= 0.3 is 0 Å². The van der Waals surface area contributed by atoms with Gasteiger partial charge in [0, 0.05) is 24.3 Å². The molecule has 1 saturated carbocycles. The molecule has 0 bridgehead atoms. The Balaban J connectivity index is 1.90. The van der Waals surface area contributed by atoms with E-state index in [-0.39, 0.29) is 0 Å². The lowest BCUT2D eigenvalue weighted by atomic mass is 9.85. The van der Waals surface area contributed by atoms with E-state index in [0.29, 0.717) is 6.04 Å². The zero-order valence-electron chi connectivity index (χ0n) is 11.0.